The lowest BCUT2D eigenvalue weighted by Gasteiger charge is -2.31. The van der Waals surface area contributed by atoms with Gasteiger partial charge in [0.15, 0.2) is 0 Å². The molecule has 0 bridgehead atoms. The molecule has 0 aliphatic carbocycles. The number of rotatable bonds is 6. The number of amides is 1. The van der Waals surface area contributed by atoms with Gasteiger partial charge in [-0.25, -0.2) is 13.1 Å². The molecule has 1 fully saturated rings. The van der Waals surface area contributed by atoms with Crippen LogP contribution in [0.2, 0.25) is 5.02 Å². The molecule has 0 saturated carbocycles. The molecule has 2 N–H and O–H groups in total. The summed E-state index contributed by atoms with van der Waals surface area (Å²) in [6.45, 7) is 1.48. The normalized spacial score (nSPS) is 15.6. The van der Waals surface area contributed by atoms with Gasteiger partial charge < -0.3 is 5.32 Å². The SMILES string of the molecule is N#Cc1cc(S(=O)(=O)NC2CCN(CC(=O)Nc3ccccc3)CC2)ccc1Cl. The second-order valence-electron chi connectivity index (χ2n) is 6.84. The van der Waals surface area contributed by atoms with Crippen molar-refractivity contribution in [3.05, 3.63) is 59.1 Å². The Hall–Kier alpha value is -2.44. The summed E-state index contributed by atoms with van der Waals surface area (Å²) in [4.78, 5) is 14.2. The summed E-state index contributed by atoms with van der Waals surface area (Å²) in [6, 6.07) is 15.0. The van der Waals surface area contributed by atoms with Gasteiger partial charge >= 0.3 is 0 Å². The second-order valence-corrected chi connectivity index (χ2v) is 8.96. The lowest BCUT2D eigenvalue weighted by Crippen LogP contribution is -2.46. The molecule has 1 aliphatic rings. The summed E-state index contributed by atoms with van der Waals surface area (Å²) in [5.41, 5.74) is 0.869. The quantitative estimate of drug-likeness (QED) is 0.730. The highest BCUT2D eigenvalue weighted by Crippen LogP contribution is 2.21. The van der Waals surface area contributed by atoms with Gasteiger partial charge in [0.25, 0.3) is 0 Å². The van der Waals surface area contributed by atoms with E-state index in [0.29, 0.717) is 25.9 Å². The van der Waals surface area contributed by atoms with Gasteiger partial charge in [0.1, 0.15) is 6.07 Å². The van der Waals surface area contributed by atoms with Gasteiger partial charge in [0.2, 0.25) is 15.9 Å². The summed E-state index contributed by atoms with van der Waals surface area (Å²) in [7, 11) is -3.75. The summed E-state index contributed by atoms with van der Waals surface area (Å²) in [6.07, 6.45) is 1.19. The van der Waals surface area contributed by atoms with Crippen LogP contribution in [0.1, 0.15) is 18.4 Å². The molecule has 152 valence electrons. The largest absolute Gasteiger partial charge is 0.325 e. The van der Waals surface area contributed by atoms with E-state index in [1.165, 1.54) is 18.2 Å². The number of nitrogens with one attached hydrogen (secondary N) is 2. The van der Waals surface area contributed by atoms with E-state index < -0.39 is 10.0 Å². The monoisotopic (exact) mass is 432 g/mol. The molecule has 0 atom stereocenters. The maximum absolute atomic E-state index is 12.6. The summed E-state index contributed by atoms with van der Waals surface area (Å²) in [5, 5.41) is 12.1. The Morgan fingerprint density at radius 2 is 1.86 bits per heavy atom. The van der Waals surface area contributed by atoms with Crippen LogP contribution in [0.3, 0.4) is 0 Å². The standard InChI is InChI=1S/C20H21ClN4O3S/c21-19-7-6-18(12-15(19)13-22)29(27,28)24-17-8-10-25(11-9-17)14-20(26)23-16-4-2-1-3-5-16/h1-7,12,17,24H,8-11,14H2,(H,23,26). The first-order valence-corrected chi connectivity index (χ1v) is 11.0. The van der Waals surface area contributed by atoms with Crippen molar-refractivity contribution < 1.29 is 13.2 Å². The number of para-hydroxylation sites is 1. The van der Waals surface area contributed by atoms with Crippen molar-refractivity contribution in [2.75, 3.05) is 25.0 Å². The van der Waals surface area contributed by atoms with Crippen molar-refractivity contribution >= 4 is 33.2 Å². The molecule has 1 heterocycles. The Labute approximate surface area is 175 Å². The maximum Gasteiger partial charge on any atom is 0.240 e. The third-order valence-corrected chi connectivity index (χ3v) is 6.55. The Morgan fingerprint density at radius 1 is 1.17 bits per heavy atom. The van der Waals surface area contributed by atoms with Gasteiger partial charge in [-0.1, -0.05) is 29.8 Å². The highest BCUT2D eigenvalue weighted by Gasteiger charge is 2.26. The van der Waals surface area contributed by atoms with Gasteiger partial charge in [0, 0.05) is 24.8 Å². The van der Waals surface area contributed by atoms with Gasteiger partial charge in [-0.15, -0.1) is 0 Å². The number of carbonyl (C=O) groups excluding carboxylic acids is 1. The molecule has 0 spiro atoms. The van der Waals surface area contributed by atoms with Crippen LogP contribution in [0.5, 0.6) is 0 Å². The predicted octanol–water partition coefficient (Wildman–Crippen LogP) is 2.59. The fourth-order valence-corrected chi connectivity index (χ4v) is 4.67. The fraction of sp³-hybridized carbons (Fsp3) is 0.300. The number of piperidine rings is 1. The first kappa shape index (κ1) is 21.3. The number of nitrogens with zero attached hydrogens (tertiary/aromatic N) is 2. The van der Waals surface area contributed by atoms with E-state index in [0.717, 1.165) is 5.69 Å². The van der Waals surface area contributed by atoms with Gasteiger partial charge in [-0.05, 0) is 43.2 Å². The summed E-state index contributed by atoms with van der Waals surface area (Å²) in [5.74, 6) is -0.0968. The number of halogens is 1. The van der Waals surface area contributed by atoms with Crippen LogP contribution < -0.4 is 10.0 Å². The number of anilines is 1. The van der Waals surface area contributed by atoms with Gasteiger partial charge in [-0.2, -0.15) is 5.26 Å². The first-order valence-electron chi connectivity index (χ1n) is 9.16. The van der Waals surface area contributed by atoms with Crippen LogP contribution in [0.4, 0.5) is 5.69 Å². The number of hydrogen-bond acceptors (Lipinski definition) is 5. The van der Waals surface area contributed by atoms with Gasteiger partial charge in [0.05, 0.1) is 22.0 Å². The Kier molecular flexibility index (Phi) is 6.87. The highest BCUT2D eigenvalue weighted by molar-refractivity contribution is 7.89. The number of benzene rings is 2. The number of sulfonamides is 1. The fourth-order valence-electron chi connectivity index (χ4n) is 3.18. The molecule has 1 saturated heterocycles. The summed E-state index contributed by atoms with van der Waals surface area (Å²) >= 11 is 5.87. The first-order chi connectivity index (χ1) is 13.9. The zero-order valence-electron chi connectivity index (χ0n) is 15.6. The molecule has 1 amide bonds. The molecule has 0 radical (unpaired) electrons. The number of carbonyl (C=O) groups is 1. The molecule has 0 aromatic heterocycles. The molecule has 3 rings (SSSR count). The Morgan fingerprint density at radius 3 is 2.52 bits per heavy atom. The third kappa shape index (κ3) is 5.78. The smallest absolute Gasteiger partial charge is 0.240 e. The van der Waals surface area contributed by atoms with Crippen LogP contribution in [-0.4, -0.2) is 44.9 Å². The average Bonchev–Trinajstić information content (AvgIpc) is 2.70. The van der Waals surface area contributed by atoms with Crippen molar-refractivity contribution in [3.8, 4) is 6.07 Å². The van der Waals surface area contributed by atoms with Crippen LogP contribution in [-0.2, 0) is 14.8 Å². The number of hydrogen-bond donors (Lipinski definition) is 2. The second kappa shape index (κ2) is 9.37. The topological polar surface area (TPSA) is 102 Å². The molecule has 7 nitrogen and oxygen atoms in total. The van der Waals surface area contributed by atoms with Crippen molar-refractivity contribution in [2.24, 2.45) is 0 Å². The lowest BCUT2D eigenvalue weighted by molar-refractivity contribution is -0.117. The molecule has 2 aromatic rings. The van der Waals surface area contributed by atoms with Crippen LogP contribution in [0, 0.1) is 11.3 Å². The van der Waals surface area contributed by atoms with Crippen molar-refractivity contribution in [1.29, 1.82) is 5.26 Å². The molecule has 1 aliphatic heterocycles. The van der Waals surface area contributed by atoms with Crippen molar-refractivity contribution in [2.45, 2.75) is 23.8 Å². The highest BCUT2D eigenvalue weighted by atomic mass is 35.5. The van der Waals surface area contributed by atoms with Crippen molar-refractivity contribution in [1.82, 2.24) is 9.62 Å². The minimum absolute atomic E-state index is 0.0168. The minimum atomic E-state index is -3.75. The van der Waals surface area contributed by atoms with E-state index in [1.807, 2.05) is 41.3 Å². The molecular weight excluding hydrogens is 412 g/mol. The van der Waals surface area contributed by atoms with Crippen LogP contribution in [0.15, 0.2) is 53.4 Å². The van der Waals surface area contributed by atoms with Crippen molar-refractivity contribution in [3.63, 3.8) is 0 Å². The Balaban J connectivity index is 1.51. The number of likely N-dealkylation sites (tertiary alicyclic amines) is 1. The maximum atomic E-state index is 12.6. The Bertz CT molecular complexity index is 1010. The zero-order chi connectivity index (χ0) is 20.9. The van der Waals surface area contributed by atoms with E-state index in [2.05, 4.69) is 10.0 Å². The molecular formula is C20H21ClN4O3S. The predicted molar refractivity (Wildman–Crippen MR) is 111 cm³/mol. The number of nitriles is 1. The zero-order valence-corrected chi connectivity index (χ0v) is 17.2. The van der Waals surface area contributed by atoms with E-state index in [4.69, 9.17) is 16.9 Å². The van der Waals surface area contributed by atoms with E-state index in [-0.39, 0.29) is 34.0 Å². The van der Waals surface area contributed by atoms with E-state index >= 15 is 0 Å². The van der Waals surface area contributed by atoms with E-state index in [9.17, 15) is 13.2 Å². The third-order valence-electron chi connectivity index (χ3n) is 4.70. The van der Waals surface area contributed by atoms with E-state index in [1.54, 1.807) is 0 Å². The molecule has 0 unspecified atom stereocenters. The lowest BCUT2D eigenvalue weighted by atomic mass is 10.1. The average molecular weight is 433 g/mol. The molecule has 9 heteroatoms. The van der Waals surface area contributed by atoms with Gasteiger partial charge in [-0.3, -0.25) is 9.69 Å². The molecule has 2 aromatic carbocycles. The summed E-state index contributed by atoms with van der Waals surface area (Å²) < 4.78 is 27.9. The van der Waals surface area contributed by atoms with Crippen LogP contribution in [0.25, 0.3) is 0 Å². The molecule has 29 heavy (non-hydrogen) atoms. The van der Waals surface area contributed by atoms with Crippen LogP contribution >= 0.6 is 11.6 Å². The minimum Gasteiger partial charge on any atom is -0.325 e.